The van der Waals surface area contributed by atoms with Crippen LogP contribution in [0.4, 0.5) is 0 Å². The van der Waals surface area contributed by atoms with Gasteiger partial charge in [0.05, 0.1) is 5.56 Å². The number of nitrogens with one attached hydrogen (secondary N) is 1. The minimum absolute atomic E-state index is 0.477. The molecule has 2 aliphatic rings. The van der Waals surface area contributed by atoms with Crippen LogP contribution in [0.3, 0.4) is 0 Å². The topological polar surface area (TPSA) is 45.0 Å². The summed E-state index contributed by atoms with van der Waals surface area (Å²) in [6, 6.07) is 19.3. The molecule has 0 spiro atoms. The van der Waals surface area contributed by atoms with Crippen LogP contribution in [0.1, 0.15) is 36.0 Å². The number of nitrogens with zero attached hydrogens (tertiary/aromatic N) is 1. The molecule has 1 fully saturated rings. The molecule has 3 heteroatoms. The lowest BCUT2D eigenvalue weighted by Crippen LogP contribution is -2.31. The number of hydrogen-bond donors (Lipinski definition) is 1. The summed E-state index contributed by atoms with van der Waals surface area (Å²) < 4.78 is 5.95. The number of fused-ring (bicyclic) bond motifs is 2. The van der Waals surface area contributed by atoms with Crippen LogP contribution in [0.25, 0.3) is 5.57 Å². The van der Waals surface area contributed by atoms with E-state index in [9.17, 15) is 5.26 Å². The zero-order valence-electron chi connectivity index (χ0n) is 13.5. The molecular weight excluding hydrogens is 296 g/mol. The van der Waals surface area contributed by atoms with E-state index < -0.39 is 0 Å². The second-order valence-electron chi connectivity index (χ2n) is 6.54. The van der Waals surface area contributed by atoms with Crippen molar-refractivity contribution in [2.45, 2.75) is 38.0 Å². The molecule has 2 aliphatic heterocycles. The fraction of sp³-hybridized carbons (Fsp3) is 0.286. The standard InChI is InChI=1S/C21H20N2O/c22-13-17-7-6-16(18-10-19-8-9-20(11-18)23-19)12-21(17)24-14-15-4-2-1-3-5-15/h1-7,10,12,19-20,23H,8-9,11,14H2. The minimum Gasteiger partial charge on any atom is -0.488 e. The highest BCUT2D eigenvalue weighted by Crippen LogP contribution is 2.34. The monoisotopic (exact) mass is 316 g/mol. The fourth-order valence-corrected chi connectivity index (χ4v) is 3.60. The molecule has 0 aromatic heterocycles. The summed E-state index contributed by atoms with van der Waals surface area (Å²) >= 11 is 0. The van der Waals surface area contributed by atoms with Gasteiger partial charge in [-0.2, -0.15) is 5.26 Å². The van der Waals surface area contributed by atoms with Gasteiger partial charge in [-0.25, -0.2) is 0 Å². The molecule has 1 saturated heterocycles. The molecule has 120 valence electrons. The average molecular weight is 316 g/mol. The number of nitriles is 1. The summed E-state index contributed by atoms with van der Waals surface area (Å²) in [6.45, 7) is 0.477. The zero-order valence-corrected chi connectivity index (χ0v) is 13.5. The van der Waals surface area contributed by atoms with Crippen molar-refractivity contribution < 1.29 is 4.74 Å². The molecule has 3 nitrogen and oxygen atoms in total. The first kappa shape index (κ1) is 15.0. The Morgan fingerprint density at radius 1 is 1.12 bits per heavy atom. The third kappa shape index (κ3) is 3.06. The Labute approximate surface area is 142 Å². The minimum atomic E-state index is 0.477. The van der Waals surface area contributed by atoms with Crippen LogP contribution in [0.2, 0.25) is 0 Å². The predicted molar refractivity (Wildman–Crippen MR) is 94.5 cm³/mol. The van der Waals surface area contributed by atoms with Crippen LogP contribution in [0, 0.1) is 11.3 Å². The molecule has 0 amide bonds. The molecule has 2 heterocycles. The highest BCUT2D eigenvalue weighted by atomic mass is 16.5. The van der Waals surface area contributed by atoms with E-state index in [1.165, 1.54) is 24.0 Å². The first-order valence-corrected chi connectivity index (χ1v) is 8.50. The van der Waals surface area contributed by atoms with Gasteiger partial charge in [-0.05, 0) is 48.1 Å². The van der Waals surface area contributed by atoms with Crippen molar-refractivity contribution in [3.05, 3.63) is 71.3 Å². The molecular formula is C21H20N2O. The second-order valence-corrected chi connectivity index (χ2v) is 6.54. The number of benzene rings is 2. The first-order chi connectivity index (χ1) is 11.8. The molecule has 2 bridgehead atoms. The third-order valence-corrected chi connectivity index (χ3v) is 4.85. The van der Waals surface area contributed by atoms with Crippen molar-refractivity contribution in [2.75, 3.05) is 0 Å². The van der Waals surface area contributed by atoms with E-state index in [0.29, 0.717) is 30.0 Å². The third-order valence-electron chi connectivity index (χ3n) is 4.85. The van der Waals surface area contributed by atoms with Gasteiger partial charge in [0.25, 0.3) is 0 Å². The van der Waals surface area contributed by atoms with Gasteiger partial charge in [0.15, 0.2) is 0 Å². The number of hydrogen-bond acceptors (Lipinski definition) is 3. The molecule has 0 saturated carbocycles. The zero-order chi connectivity index (χ0) is 16.4. The van der Waals surface area contributed by atoms with Crippen molar-refractivity contribution in [1.82, 2.24) is 5.32 Å². The molecule has 2 atom stereocenters. The SMILES string of the molecule is N#Cc1ccc(C2=CC3CCC(C2)N3)cc1OCc1ccccc1. The van der Waals surface area contributed by atoms with E-state index in [2.05, 4.69) is 17.5 Å². The van der Waals surface area contributed by atoms with Gasteiger partial charge in [-0.15, -0.1) is 0 Å². The largest absolute Gasteiger partial charge is 0.488 e. The summed E-state index contributed by atoms with van der Waals surface area (Å²) in [5.74, 6) is 0.672. The predicted octanol–water partition coefficient (Wildman–Crippen LogP) is 4.04. The lowest BCUT2D eigenvalue weighted by molar-refractivity contribution is 0.305. The van der Waals surface area contributed by atoms with Crippen LogP contribution in [0.5, 0.6) is 5.75 Å². The van der Waals surface area contributed by atoms with Gasteiger partial charge in [-0.3, -0.25) is 0 Å². The van der Waals surface area contributed by atoms with Crippen LogP contribution in [0.15, 0.2) is 54.6 Å². The van der Waals surface area contributed by atoms with Crippen molar-refractivity contribution >= 4 is 5.57 Å². The molecule has 0 radical (unpaired) electrons. The Kier molecular flexibility index (Phi) is 4.06. The van der Waals surface area contributed by atoms with Crippen LogP contribution in [-0.4, -0.2) is 12.1 Å². The van der Waals surface area contributed by atoms with Crippen molar-refractivity contribution in [2.24, 2.45) is 0 Å². The van der Waals surface area contributed by atoms with Crippen LogP contribution >= 0.6 is 0 Å². The Balaban J connectivity index is 1.58. The Hall–Kier alpha value is -2.57. The van der Waals surface area contributed by atoms with Gasteiger partial charge in [-0.1, -0.05) is 42.5 Å². The molecule has 4 rings (SSSR count). The van der Waals surface area contributed by atoms with Crippen molar-refractivity contribution in [3.8, 4) is 11.8 Å². The average Bonchev–Trinajstić information content (AvgIpc) is 2.98. The summed E-state index contributed by atoms with van der Waals surface area (Å²) in [5, 5.41) is 13.0. The summed E-state index contributed by atoms with van der Waals surface area (Å²) in [5.41, 5.74) is 4.24. The van der Waals surface area contributed by atoms with Gasteiger partial charge in [0.1, 0.15) is 18.4 Å². The quantitative estimate of drug-likeness (QED) is 0.925. The lowest BCUT2D eigenvalue weighted by Gasteiger charge is -2.22. The molecule has 2 aromatic rings. The smallest absolute Gasteiger partial charge is 0.138 e. The molecule has 1 N–H and O–H groups in total. The van der Waals surface area contributed by atoms with E-state index >= 15 is 0 Å². The normalized spacial score (nSPS) is 21.9. The number of ether oxygens (including phenoxy) is 1. The van der Waals surface area contributed by atoms with E-state index in [0.717, 1.165) is 12.0 Å². The maximum Gasteiger partial charge on any atom is 0.138 e. The van der Waals surface area contributed by atoms with E-state index in [1.54, 1.807) is 0 Å². The summed E-state index contributed by atoms with van der Waals surface area (Å²) in [4.78, 5) is 0. The van der Waals surface area contributed by atoms with E-state index in [-0.39, 0.29) is 0 Å². The van der Waals surface area contributed by atoms with Gasteiger partial charge >= 0.3 is 0 Å². The first-order valence-electron chi connectivity index (χ1n) is 8.50. The highest BCUT2D eigenvalue weighted by molar-refractivity contribution is 5.70. The molecule has 2 aromatic carbocycles. The van der Waals surface area contributed by atoms with E-state index in [1.807, 2.05) is 48.5 Å². The maximum atomic E-state index is 9.36. The highest BCUT2D eigenvalue weighted by Gasteiger charge is 2.28. The van der Waals surface area contributed by atoms with E-state index in [4.69, 9.17) is 4.74 Å². The maximum absolute atomic E-state index is 9.36. The summed E-state index contributed by atoms with van der Waals surface area (Å²) in [7, 11) is 0. The Morgan fingerprint density at radius 2 is 2.00 bits per heavy atom. The van der Waals surface area contributed by atoms with Crippen molar-refractivity contribution in [1.29, 1.82) is 5.26 Å². The molecule has 0 aliphatic carbocycles. The van der Waals surface area contributed by atoms with Gasteiger partial charge < -0.3 is 10.1 Å². The van der Waals surface area contributed by atoms with Gasteiger partial charge in [0.2, 0.25) is 0 Å². The van der Waals surface area contributed by atoms with Gasteiger partial charge in [0, 0.05) is 12.1 Å². The Bertz CT molecular complexity index is 804. The second kappa shape index (κ2) is 6.51. The molecule has 24 heavy (non-hydrogen) atoms. The van der Waals surface area contributed by atoms with Crippen LogP contribution in [-0.2, 0) is 6.61 Å². The lowest BCUT2D eigenvalue weighted by atomic mass is 9.95. The fourth-order valence-electron chi connectivity index (χ4n) is 3.60. The summed E-state index contributed by atoms with van der Waals surface area (Å²) in [6.07, 6.45) is 5.87. The molecule has 2 unspecified atom stereocenters. The van der Waals surface area contributed by atoms with Crippen LogP contribution < -0.4 is 10.1 Å². The van der Waals surface area contributed by atoms with Crippen molar-refractivity contribution in [3.63, 3.8) is 0 Å². The number of rotatable bonds is 4. The Morgan fingerprint density at radius 3 is 2.79 bits per heavy atom.